The van der Waals surface area contributed by atoms with Crippen molar-refractivity contribution in [1.82, 2.24) is 9.55 Å². The number of rotatable bonds is 3. The minimum Gasteiger partial charge on any atom is -0.367 e. The summed E-state index contributed by atoms with van der Waals surface area (Å²) in [5.41, 5.74) is -0.593. The predicted molar refractivity (Wildman–Crippen MR) is 60.1 cm³/mol. The van der Waals surface area contributed by atoms with Crippen molar-refractivity contribution >= 4 is 5.78 Å². The molecule has 1 aromatic heterocycles. The summed E-state index contributed by atoms with van der Waals surface area (Å²) >= 11 is 0. The molecule has 1 aliphatic rings. The Hall–Kier alpha value is -1.16. The van der Waals surface area contributed by atoms with Gasteiger partial charge in [0.2, 0.25) is 0 Å². The van der Waals surface area contributed by atoms with Crippen molar-refractivity contribution in [3.05, 3.63) is 18.2 Å². The van der Waals surface area contributed by atoms with Crippen LogP contribution in [0.15, 0.2) is 12.4 Å². The van der Waals surface area contributed by atoms with Gasteiger partial charge in [-0.3, -0.25) is 4.79 Å². The van der Waals surface area contributed by atoms with Crippen molar-refractivity contribution in [2.45, 2.75) is 38.2 Å². The highest BCUT2D eigenvalue weighted by Gasteiger charge is 2.35. The van der Waals surface area contributed by atoms with Gasteiger partial charge in [0.05, 0.1) is 6.42 Å². The molecule has 4 heteroatoms. The summed E-state index contributed by atoms with van der Waals surface area (Å²) in [6.07, 6.45) is 6.89. The first-order valence-corrected chi connectivity index (χ1v) is 5.75. The summed E-state index contributed by atoms with van der Waals surface area (Å²) in [5, 5.41) is 0. The van der Waals surface area contributed by atoms with Gasteiger partial charge in [0.1, 0.15) is 11.4 Å². The van der Waals surface area contributed by atoms with Crippen LogP contribution in [0.5, 0.6) is 0 Å². The van der Waals surface area contributed by atoms with E-state index in [9.17, 15) is 4.79 Å². The van der Waals surface area contributed by atoms with Crippen molar-refractivity contribution in [3.8, 4) is 0 Å². The van der Waals surface area contributed by atoms with Crippen LogP contribution in [0.25, 0.3) is 0 Å². The molecule has 0 spiro atoms. The lowest BCUT2D eigenvalue weighted by atomic mass is 9.90. The van der Waals surface area contributed by atoms with Crippen LogP contribution < -0.4 is 0 Å². The Morgan fingerprint density at radius 2 is 2.44 bits per heavy atom. The van der Waals surface area contributed by atoms with Gasteiger partial charge < -0.3 is 9.30 Å². The fourth-order valence-corrected chi connectivity index (χ4v) is 2.05. The first-order valence-electron chi connectivity index (χ1n) is 5.75. The average molecular weight is 222 g/mol. The maximum absolute atomic E-state index is 12.2. The predicted octanol–water partition coefficient (Wildman–Crippen LogP) is 1.49. The summed E-state index contributed by atoms with van der Waals surface area (Å²) < 4.78 is 7.51. The second-order valence-corrected chi connectivity index (χ2v) is 4.59. The Morgan fingerprint density at radius 1 is 1.62 bits per heavy atom. The third-order valence-corrected chi connectivity index (χ3v) is 3.30. The van der Waals surface area contributed by atoms with Gasteiger partial charge in [-0.05, 0) is 26.2 Å². The van der Waals surface area contributed by atoms with Gasteiger partial charge in [-0.2, -0.15) is 0 Å². The smallest absolute Gasteiger partial charge is 0.171 e. The van der Waals surface area contributed by atoms with E-state index in [0.29, 0.717) is 13.0 Å². The molecule has 1 fully saturated rings. The zero-order valence-electron chi connectivity index (χ0n) is 9.90. The van der Waals surface area contributed by atoms with E-state index >= 15 is 0 Å². The van der Waals surface area contributed by atoms with Crippen LogP contribution in [0.2, 0.25) is 0 Å². The molecule has 4 nitrogen and oxygen atoms in total. The number of carbonyl (C=O) groups is 1. The number of aromatic nitrogens is 2. The number of ether oxygens (including phenoxy) is 1. The number of imidazole rings is 1. The van der Waals surface area contributed by atoms with Crippen LogP contribution in [0.4, 0.5) is 0 Å². The highest BCUT2D eigenvalue weighted by atomic mass is 16.5. The number of aryl methyl sites for hydroxylation is 1. The monoisotopic (exact) mass is 222 g/mol. The molecular formula is C12H18N2O2. The minimum absolute atomic E-state index is 0.140. The van der Waals surface area contributed by atoms with Gasteiger partial charge in [-0.15, -0.1) is 0 Å². The van der Waals surface area contributed by atoms with Crippen molar-refractivity contribution in [1.29, 1.82) is 0 Å². The van der Waals surface area contributed by atoms with Crippen LogP contribution in [0.3, 0.4) is 0 Å². The van der Waals surface area contributed by atoms with Gasteiger partial charge in [-0.1, -0.05) is 0 Å². The Morgan fingerprint density at radius 3 is 3.00 bits per heavy atom. The molecule has 0 amide bonds. The molecule has 1 aromatic rings. The lowest BCUT2D eigenvalue weighted by Crippen LogP contribution is -2.42. The zero-order chi connectivity index (χ0) is 11.6. The van der Waals surface area contributed by atoms with Crippen LogP contribution in [0.1, 0.15) is 32.0 Å². The quantitative estimate of drug-likeness (QED) is 0.778. The van der Waals surface area contributed by atoms with Gasteiger partial charge >= 0.3 is 0 Å². The van der Waals surface area contributed by atoms with Crippen LogP contribution in [-0.4, -0.2) is 27.5 Å². The lowest BCUT2D eigenvalue weighted by molar-refractivity contribution is -0.147. The number of carbonyl (C=O) groups excluding carboxylic acids is 1. The molecule has 1 atom stereocenters. The van der Waals surface area contributed by atoms with Gasteiger partial charge in [0, 0.05) is 26.0 Å². The molecule has 0 aromatic carbocycles. The van der Waals surface area contributed by atoms with Gasteiger partial charge in [0.15, 0.2) is 5.78 Å². The fourth-order valence-electron chi connectivity index (χ4n) is 2.05. The van der Waals surface area contributed by atoms with E-state index in [1.165, 1.54) is 0 Å². The van der Waals surface area contributed by atoms with E-state index in [4.69, 9.17) is 4.74 Å². The summed E-state index contributed by atoms with van der Waals surface area (Å²) in [6.45, 7) is 2.60. The second kappa shape index (κ2) is 4.37. The van der Waals surface area contributed by atoms with Gasteiger partial charge in [0.25, 0.3) is 0 Å². The fraction of sp³-hybridized carbons (Fsp3) is 0.667. The topological polar surface area (TPSA) is 44.1 Å². The SMILES string of the molecule is Cn1ccnc1CC(=O)C1(C)CCCCO1. The summed E-state index contributed by atoms with van der Waals surface area (Å²) in [4.78, 5) is 16.3. The standard InChI is InChI=1S/C12H18N2O2/c1-12(5-3-4-8-16-12)10(15)9-11-13-6-7-14(11)2/h6-7H,3-5,8-9H2,1-2H3. The Balaban J connectivity index is 2.05. The van der Waals surface area contributed by atoms with E-state index in [2.05, 4.69) is 4.98 Å². The van der Waals surface area contributed by atoms with E-state index in [0.717, 1.165) is 25.1 Å². The summed E-state index contributed by atoms with van der Waals surface area (Å²) in [5.74, 6) is 0.946. The largest absolute Gasteiger partial charge is 0.367 e. The first kappa shape index (κ1) is 11.3. The van der Waals surface area contributed by atoms with E-state index < -0.39 is 5.60 Å². The maximum atomic E-state index is 12.2. The number of hydrogen-bond acceptors (Lipinski definition) is 3. The van der Waals surface area contributed by atoms with Gasteiger partial charge in [-0.25, -0.2) is 4.98 Å². The Labute approximate surface area is 95.6 Å². The molecule has 0 radical (unpaired) electrons. The molecule has 0 aliphatic carbocycles. The zero-order valence-corrected chi connectivity index (χ0v) is 9.90. The molecule has 2 heterocycles. The molecular weight excluding hydrogens is 204 g/mol. The first-order chi connectivity index (χ1) is 7.62. The number of nitrogens with zero attached hydrogens (tertiary/aromatic N) is 2. The number of Topliss-reactive ketones (excluding diaryl/α,β-unsaturated/α-hetero) is 1. The van der Waals surface area contributed by atoms with E-state index in [1.54, 1.807) is 6.20 Å². The normalized spacial score (nSPS) is 25.6. The highest BCUT2D eigenvalue weighted by molar-refractivity contribution is 5.88. The molecule has 16 heavy (non-hydrogen) atoms. The number of hydrogen-bond donors (Lipinski definition) is 0. The third kappa shape index (κ3) is 2.16. The lowest BCUT2D eigenvalue weighted by Gasteiger charge is -2.32. The number of ketones is 1. The van der Waals surface area contributed by atoms with Crippen molar-refractivity contribution in [3.63, 3.8) is 0 Å². The summed E-state index contributed by atoms with van der Waals surface area (Å²) in [7, 11) is 1.90. The van der Waals surface area contributed by atoms with Crippen molar-refractivity contribution in [2.24, 2.45) is 7.05 Å². The Bertz CT molecular complexity index is 378. The van der Waals surface area contributed by atoms with Crippen molar-refractivity contribution < 1.29 is 9.53 Å². The minimum atomic E-state index is -0.593. The molecule has 1 saturated heterocycles. The average Bonchev–Trinajstić information content (AvgIpc) is 2.65. The molecule has 88 valence electrons. The molecule has 0 bridgehead atoms. The third-order valence-electron chi connectivity index (χ3n) is 3.30. The van der Waals surface area contributed by atoms with E-state index in [1.807, 2.05) is 24.7 Å². The summed E-state index contributed by atoms with van der Waals surface area (Å²) in [6, 6.07) is 0. The molecule has 1 aliphatic heterocycles. The van der Waals surface area contributed by atoms with Crippen LogP contribution in [0, 0.1) is 0 Å². The molecule has 0 N–H and O–H groups in total. The molecule has 1 unspecified atom stereocenters. The van der Waals surface area contributed by atoms with Crippen LogP contribution >= 0.6 is 0 Å². The molecule has 2 rings (SSSR count). The van der Waals surface area contributed by atoms with Crippen molar-refractivity contribution in [2.75, 3.05) is 6.61 Å². The maximum Gasteiger partial charge on any atom is 0.171 e. The van der Waals surface area contributed by atoms with Crippen LogP contribution in [-0.2, 0) is 23.0 Å². The van der Waals surface area contributed by atoms with E-state index in [-0.39, 0.29) is 5.78 Å². The molecule has 0 saturated carbocycles. The highest BCUT2D eigenvalue weighted by Crippen LogP contribution is 2.26. The second-order valence-electron chi connectivity index (χ2n) is 4.59. The Kier molecular flexibility index (Phi) is 3.10.